The monoisotopic (exact) mass is 308 g/mol. The lowest BCUT2D eigenvalue weighted by molar-refractivity contribution is 0.104. The summed E-state index contributed by atoms with van der Waals surface area (Å²) >= 11 is 0. The van der Waals surface area contributed by atoms with E-state index in [9.17, 15) is 4.79 Å². The molecule has 0 bridgehead atoms. The van der Waals surface area contributed by atoms with Crippen LogP contribution in [0.1, 0.15) is 15.9 Å². The summed E-state index contributed by atoms with van der Waals surface area (Å²) < 4.78 is 16.1. The second kappa shape index (κ2) is 6.40. The highest BCUT2D eigenvalue weighted by Crippen LogP contribution is 2.37. The van der Waals surface area contributed by atoms with Gasteiger partial charge in [0.15, 0.2) is 17.1 Å². The van der Waals surface area contributed by atoms with Gasteiger partial charge in [-0.05, 0) is 23.8 Å². The van der Waals surface area contributed by atoms with Crippen molar-refractivity contribution in [3.05, 3.63) is 65.9 Å². The number of methoxy groups -OCH3 is 2. The maximum Gasteiger partial charge on any atom is 0.189 e. The molecule has 0 N–H and O–H groups in total. The molecular weight excluding hydrogens is 292 g/mol. The predicted octanol–water partition coefficient (Wildman–Crippen LogP) is 4.35. The minimum atomic E-state index is -0.160. The first kappa shape index (κ1) is 14.9. The van der Waals surface area contributed by atoms with Crippen LogP contribution in [0.25, 0.3) is 17.0 Å². The number of furan rings is 1. The molecule has 0 aliphatic carbocycles. The number of ketones is 1. The Labute approximate surface area is 133 Å². The summed E-state index contributed by atoms with van der Waals surface area (Å²) in [5.74, 6) is 0.826. The molecule has 4 nitrogen and oxygen atoms in total. The van der Waals surface area contributed by atoms with Crippen LogP contribution in [0.2, 0.25) is 0 Å². The number of hydrogen-bond donors (Lipinski definition) is 0. The second-order valence-corrected chi connectivity index (χ2v) is 4.93. The minimum absolute atomic E-state index is 0.160. The molecule has 2 aromatic carbocycles. The molecule has 0 saturated carbocycles. The number of allylic oxidation sites excluding steroid dienone is 1. The maximum atomic E-state index is 12.6. The van der Waals surface area contributed by atoms with Crippen LogP contribution >= 0.6 is 0 Å². The average molecular weight is 308 g/mol. The van der Waals surface area contributed by atoms with E-state index in [1.165, 1.54) is 20.3 Å². The fourth-order valence-electron chi connectivity index (χ4n) is 2.47. The lowest BCUT2D eigenvalue weighted by Gasteiger charge is -2.10. The van der Waals surface area contributed by atoms with Crippen molar-refractivity contribution in [1.82, 2.24) is 0 Å². The Balaban J connectivity index is 2.04. The Hall–Kier alpha value is -3.01. The van der Waals surface area contributed by atoms with Crippen molar-refractivity contribution in [3.8, 4) is 11.5 Å². The van der Waals surface area contributed by atoms with E-state index in [2.05, 4.69) is 0 Å². The molecule has 116 valence electrons. The van der Waals surface area contributed by atoms with Crippen molar-refractivity contribution in [2.45, 2.75) is 0 Å². The summed E-state index contributed by atoms with van der Waals surface area (Å²) in [5, 5.41) is 0.711. The van der Waals surface area contributed by atoms with Gasteiger partial charge in [0.25, 0.3) is 0 Å². The molecule has 0 atom stereocenters. The first-order valence-electron chi connectivity index (χ1n) is 7.14. The summed E-state index contributed by atoms with van der Waals surface area (Å²) in [5.41, 5.74) is 1.95. The summed E-state index contributed by atoms with van der Waals surface area (Å²) in [6.45, 7) is 0. The average Bonchev–Trinajstić information content (AvgIpc) is 3.08. The molecule has 3 rings (SSSR count). The molecule has 3 aromatic rings. The Kier molecular flexibility index (Phi) is 4.15. The molecule has 0 spiro atoms. The number of benzene rings is 2. The third-order valence-electron chi connectivity index (χ3n) is 3.57. The Morgan fingerprint density at radius 1 is 1.09 bits per heavy atom. The Bertz CT molecular complexity index is 860. The quantitative estimate of drug-likeness (QED) is 0.519. The van der Waals surface area contributed by atoms with Gasteiger partial charge in [-0.15, -0.1) is 0 Å². The van der Waals surface area contributed by atoms with Gasteiger partial charge in [0.1, 0.15) is 5.75 Å². The molecule has 23 heavy (non-hydrogen) atoms. The van der Waals surface area contributed by atoms with E-state index < -0.39 is 0 Å². The maximum absolute atomic E-state index is 12.6. The van der Waals surface area contributed by atoms with Crippen molar-refractivity contribution in [1.29, 1.82) is 0 Å². The smallest absolute Gasteiger partial charge is 0.189 e. The fourth-order valence-corrected chi connectivity index (χ4v) is 2.47. The van der Waals surface area contributed by atoms with Gasteiger partial charge >= 0.3 is 0 Å². The van der Waals surface area contributed by atoms with Crippen molar-refractivity contribution in [2.75, 3.05) is 14.2 Å². The molecule has 0 aliphatic heterocycles. The van der Waals surface area contributed by atoms with E-state index >= 15 is 0 Å². The van der Waals surface area contributed by atoms with E-state index in [0.29, 0.717) is 28.0 Å². The third kappa shape index (κ3) is 2.83. The van der Waals surface area contributed by atoms with Gasteiger partial charge in [0, 0.05) is 0 Å². The van der Waals surface area contributed by atoms with Crippen LogP contribution in [-0.4, -0.2) is 20.0 Å². The molecule has 0 amide bonds. The number of rotatable bonds is 5. The predicted molar refractivity (Wildman–Crippen MR) is 89.1 cm³/mol. The summed E-state index contributed by atoms with van der Waals surface area (Å²) in [7, 11) is 3.07. The lowest BCUT2D eigenvalue weighted by atomic mass is 10.0. The summed E-state index contributed by atoms with van der Waals surface area (Å²) in [6.07, 6.45) is 4.84. The van der Waals surface area contributed by atoms with Crippen LogP contribution in [0.5, 0.6) is 11.5 Å². The molecule has 0 unspecified atom stereocenters. The number of carbonyl (C=O) groups is 1. The highest BCUT2D eigenvalue weighted by atomic mass is 16.5. The largest absolute Gasteiger partial charge is 0.495 e. The normalized spacial score (nSPS) is 11.0. The zero-order chi connectivity index (χ0) is 16.2. The minimum Gasteiger partial charge on any atom is -0.495 e. The van der Waals surface area contributed by atoms with Gasteiger partial charge in [-0.2, -0.15) is 0 Å². The molecule has 0 saturated heterocycles. The van der Waals surface area contributed by atoms with E-state index in [1.807, 2.05) is 30.3 Å². The Morgan fingerprint density at radius 3 is 2.57 bits per heavy atom. The lowest BCUT2D eigenvalue weighted by Crippen LogP contribution is -2.00. The number of carbonyl (C=O) groups excluding carboxylic acids is 1. The first-order chi connectivity index (χ1) is 11.2. The van der Waals surface area contributed by atoms with Crippen LogP contribution in [0.15, 0.2) is 59.2 Å². The van der Waals surface area contributed by atoms with Gasteiger partial charge in [0.05, 0.1) is 31.4 Å². The number of ether oxygens (including phenoxy) is 2. The fraction of sp³-hybridized carbons (Fsp3) is 0.105. The molecule has 4 heteroatoms. The zero-order valence-electron chi connectivity index (χ0n) is 12.9. The van der Waals surface area contributed by atoms with E-state index in [1.54, 1.807) is 24.5 Å². The highest BCUT2D eigenvalue weighted by molar-refractivity contribution is 6.12. The molecule has 0 radical (unpaired) electrons. The SMILES string of the molecule is COc1c(C(=O)/C=C/c2ccccc2)cc(OC)c2occc12. The van der Waals surface area contributed by atoms with Crippen molar-refractivity contribution in [2.24, 2.45) is 0 Å². The van der Waals surface area contributed by atoms with Gasteiger partial charge in [-0.25, -0.2) is 0 Å². The zero-order valence-corrected chi connectivity index (χ0v) is 12.9. The van der Waals surface area contributed by atoms with Crippen LogP contribution in [0, 0.1) is 0 Å². The first-order valence-corrected chi connectivity index (χ1v) is 7.14. The topological polar surface area (TPSA) is 48.7 Å². The van der Waals surface area contributed by atoms with E-state index in [0.717, 1.165) is 5.56 Å². The molecule has 0 aliphatic rings. The van der Waals surface area contributed by atoms with Gasteiger partial charge in [0.2, 0.25) is 0 Å². The van der Waals surface area contributed by atoms with Crippen molar-refractivity contribution >= 4 is 22.8 Å². The Morgan fingerprint density at radius 2 is 1.87 bits per heavy atom. The molecular formula is C19H16O4. The standard InChI is InChI=1S/C19H16O4/c1-21-17-12-15(18(22-2)14-10-11-23-19(14)17)16(20)9-8-13-6-4-3-5-7-13/h3-12H,1-2H3/b9-8+. The number of hydrogen-bond acceptors (Lipinski definition) is 4. The molecule has 1 heterocycles. The van der Waals surface area contributed by atoms with Gasteiger partial charge in [-0.3, -0.25) is 4.79 Å². The van der Waals surface area contributed by atoms with Gasteiger partial charge in [-0.1, -0.05) is 36.4 Å². The summed E-state index contributed by atoms with van der Waals surface area (Å²) in [6, 6.07) is 13.0. The molecule has 1 aromatic heterocycles. The third-order valence-corrected chi connectivity index (χ3v) is 3.57. The van der Waals surface area contributed by atoms with Crippen LogP contribution in [0.3, 0.4) is 0 Å². The van der Waals surface area contributed by atoms with Crippen LogP contribution < -0.4 is 9.47 Å². The van der Waals surface area contributed by atoms with Crippen LogP contribution in [-0.2, 0) is 0 Å². The van der Waals surface area contributed by atoms with Crippen molar-refractivity contribution < 1.29 is 18.7 Å². The van der Waals surface area contributed by atoms with Gasteiger partial charge < -0.3 is 13.9 Å². The van der Waals surface area contributed by atoms with Crippen LogP contribution in [0.4, 0.5) is 0 Å². The van der Waals surface area contributed by atoms with E-state index in [-0.39, 0.29) is 5.78 Å². The number of fused-ring (bicyclic) bond motifs is 1. The summed E-state index contributed by atoms with van der Waals surface area (Å²) in [4.78, 5) is 12.6. The van der Waals surface area contributed by atoms with Crippen molar-refractivity contribution in [3.63, 3.8) is 0 Å². The second-order valence-electron chi connectivity index (χ2n) is 4.93. The highest BCUT2D eigenvalue weighted by Gasteiger charge is 2.19. The molecule has 0 fully saturated rings. The van der Waals surface area contributed by atoms with E-state index in [4.69, 9.17) is 13.9 Å².